The fraction of sp³-hybridized carbons (Fsp3) is 0.200. The Morgan fingerprint density at radius 1 is 1.14 bits per heavy atom. The van der Waals surface area contributed by atoms with Gasteiger partial charge in [-0.25, -0.2) is 18.6 Å². The zero-order valence-electron chi connectivity index (χ0n) is 11.6. The molecule has 1 fully saturated rings. The van der Waals surface area contributed by atoms with E-state index in [4.69, 9.17) is 0 Å². The van der Waals surface area contributed by atoms with Crippen LogP contribution in [0.15, 0.2) is 36.5 Å². The first kappa shape index (κ1) is 14.2. The first-order chi connectivity index (χ1) is 10.6. The van der Waals surface area contributed by atoms with Gasteiger partial charge in [0.25, 0.3) is 0 Å². The van der Waals surface area contributed by atoms with Crippen LogP contribution in [0.2, 0.25) is 0 Å². The topological polar surface area (TPSA) is 66.0 Å². The average Bonchev–Trinajstić information content (AvgIpc) is 3.29. The third kappa shape index (κ3) is 3.49. The van der Waals surface area contributed by atoms with Crippen molar-refractivity contribution in [2.24, 2.45) is 0 Å². The van der Waals surface area contributed by atoms with Gasteiger partial charge < -0.3 is 10.6 Å². The number of amides is 2. The molecule has 0 unspecified atom stereocenters. The molecule has 1 heterocycles. The molecule has 5 nitrogen and oxygen atoms in total. The number of nitrogens with zero attached hydrogens (tertiary/aromatic N) is 1. The number of para-hydroxylation sites is 1. The SMILES string of the molecule is O=C(Nc1ccc(Nc2c(F)cccc2F)cn1)NC1CC1. The Labute approximate surface area is 125 Å². The van der Waals surface area contributed by atoms with Crippen molar-refractivity contribution in [2.75, 3.05) is 10.6 Å². The van der Waals surface area contributed by atoms with E-state index in [2.05, 4.69) is 20.9 Å². The number of hydrogen-bond donors (Lipinski definition) is 3. The van der Waals surface area contributed by atoms with Crippen molar-refractivity contribution >= 4 is 23.2 Å². The number of pyridine rings is 1. The maximum Gasteiger partial charge on any atom is 0.320 e. The number of halogens is 2. The summed E-state index contributed by atoms with van der Waals surface area (Å²) in [6.07, 6.45) is 3.38. The molecule has 1 aromatic carbocycles. The van der Waals surface area contributed by atoms with Crippen molar-refractivity contribution in [3.05, 3.63) is 48.2 Å². The van der Waals surface area contributed by atoms with Gasteiger partial charge in [-0.05, 0) is 37.1 Å². The van der Waals surface area contributed by atoms with Crippen molar-refractivity contribution in [3.8, 4) is 0 Å². The first-order valence-corrected chi connectivity index (χ1v) is 6.86. The molecule has 114 valence electrons. The third-order valence-electron chi connectivity index (χ3n) is 3.15. The molecule has 2 aromatic rings. The Bertz CT molecular complexity index is 666. The number of anilines is 3. The van der Waals surface area contributed by atoms with Crippen LogP contribution in [-0.2, 0) is 0 Å². The first-order valence-electron chi connectivity index (χ1n) is 6.86. The molecule has 22 heavy (non-hydrogen) atoms. The maximum atomic E-state index is 13.5. The van der Waals surface area contributed by atoms with E-state index in [1.54, 1.807) is 12.1 Å². The van der Waals surface area contributed by atoms with Gasteiger partial charge in [0, 0.05) is 6.04 Å². The van der Waals surface area contributed by atoms with Crippen molar-refractivity contribution < 1.29 is 13.6 Å². The highest BCUT2D eigenvalue weighted by atomic mass is 19.1. The van der Waals surface area contributed by atoms with Gasteiger partial charge in [-0.15, -0.1) is 0 Å². The van der Waals surface area contributed by atoms with Gasteiger partial charge in [-0.3, -0.25) is 5.32 Å². The molecule has 3 rings (SSSR count). The van der Waals surface area contributed by atoms with Crippen LogP contribution in [0.5, 0.6) is 0 Å². The predicted octanol–water partition coefficient (Wildman–Crippen LogP) is 3.39. The van der Waals surface area contributed by atoms with Crippen LogP contribution < -0.4 is 16.0 Å². The number of nitrogens with one attached hydrogen (secondary N) is 3. The summed E-state index contributed by atoms with van der Waals surface area (Å²) in [6, 6.07) is 6.69. The van der Waals surface area contributed by atoms with Crippen LogP contribution in [0, 0.1) is 11.6 Å². The molecule has 7 heteroatoms. The lowest BCUT2D eigenvalue weighted by Gasteiger charge is -2.09. The Morgan fingerprint density at radius 2 is 1.86 bits per heavy atom. The molecule has 0 saturated heterocycles. The minimum Gasteiger partial charge on any atom is -0.349 e. The number of benzene rings is 1. The van der Waals surface area contributed by atoms with Gasteiger partial charge in [0.05, 0.1) is 11.9 Å². The van der Waals surface area contributed by atoms with E-state index in [9.17, 15) is 13.6 Å². The zero-order chi connectivity index (χ0) is 15.5. The molecule has 1 aliphatic rings. The highest BCUT2D eigenvalue weighted by Crippen LogP contribution is 2.23. The number of urea groups is 1. The highest BCUT2D eigenvalue weighted by molar-refractivity contribution is 5.88. The summed E-state index contributed by atoms with van der Waals surface area (Å²) in [7, 11) is 0. The number of carbonyl (C=O) groups excluding carboxylic acids is 1. The van der Waals surface area contributed by atoms with Crippen molar-refractivity contribution in [2.45, 2.75) is 18.9 Å². The molecular formula is C15H14F2N4O. The number of carbonyl (C=O) groups is 1. The molecule has 1 aromatic heterocycles. The lowest BCUT2D eigenvalue weighted by atomic mass is 10.2. The summed E-state index contributed by atoms with van der Waals surface area (Å²) in [5, 5.41) is 7.98. The second kappa shape index (κ2) is 5.97. The standard InChI is InChI=1S/C15H14F2N4O/c16-11-2-1-3-12(17)14(11)19-10-6-7-13(18-8-10)21-15(22)20-9-4-5-9/h1-3,6-9,19H,4-5H2,(H2,18,20,21,22). The molecule has 0 bridgehead atoms. The lowest BCUT2D eigenvalue weighted by molar-refractivity contribution is 0.251. The second-order valence-electron chi connectivity index (χ2n) is 5.03. The van der Waals surface area contributed by atoms with Crippen LogP contribution >= 0.6 is 0 Å². The van der Waals surface area contributed by atoms with E-state index in [0.29, 0.717) is 11.5 Å². The Morgan fingerprint density at radius 3 is 2.45 bits per heavy atom. The van der Waals surface area contributed by atoms with Crippen LogP contribution in [-0.4, -0.2) is 17.1 Å². The number of rotatable bonds is 4. The smallest absolute Gasteiger partial charge is 0.320 e. The van der Waals surface area contributed by atoms with Crippen molar-refractivity contribution in [1.82, 2.24) is 10.3 Å². The maximum absolute atomic E-state index is 13.5. The molecule has 0 spiro atoms. The van der Waals surface area contributed by atoms with E-state index in [0.717, 1.165) is 25.0 Å². The molecule has 0 radical (unpaired) electrons. The summed E-state index contributed by atoms with van der Waals surface area (Å²) in [5.74, 6) is -1.02. The quantitative estimate of drug-likeness (QED) is 0.811. The summed E-state index contributed by atoms with van der Waals surface area (Å²) in [6.45, 7) is 0. The molecule has 1 aliphatic carbocycles. The van der Waals surface area contributed by atoms with Crippen molar-refractivity contribution in [1.29, 1.82) is 0 Å². The van der Waals surface area contributed by atoms with Gasteiger partial charge in [0.15, 0.2) is 0 Å². The molecular weight excluding hydrogens is 290 g/mol. The molecule has 3 N–H and O–H groups in total. The monoisotopic (exact) mass is 304 g/mol. The highest BCUT2D eigenvalue weighted by Gasteiger charge is 2.23. The molecule has 2 amide bonds. The zero-order valence-corrected chi connectivity index (χ0v) is 11.6. The fourth-order valence-corrected chi connectivity index (χ4v) is 1.87. The van der Waals surface area contributed by atoms with Gasteiger partial charge in [-0.2, -0.15) is 0 Å². The summed E-state index contributed by atoms with van der Waals surface area (Å²) < 4.78 is 27.1. The minimum absolute atomic E-state index is 0.239. The van der Waals surface area contributed by atoms with Gasteiger partial charge in [0.1, 0.15) is 23.1 Å². The fourth-order valence-electron chi connectivity index (χ4n) is 1.87. The molecule has 0 aliphatic heterocycles. The summed E-state index contributed by atoms with van der Waals surface area (Å²) >= 11 is 0. The van der Waals surface area contributed by atoms with Crippen LogP contribution in [0.25, 0.3) is 0 Å². The third-order valence-corrected chi connectivity index (χ3v) is 3.15. The van der Waals surface area contributed by atoms with Gasteiger partial charge >= 0.3 is 6.03 Å². The van der Waals surface area contributed by atoms with Crippen LogP contribution in [0.4, 0.5) is 30.8 Å². The van der Waals surface area contributed by atoms with E-state index in [1.807, 2.05) is 0 Å². The van der Waals surface area contributed by atoms with Gasteiger partial charge in [0.2, 0.25) is 0 Å². The lowest BCUT2D eigenvalue weighted by Crippen LogP contribution is -2.30. The summed E-state index contributed by atoms with van der Waals surface area (Å²) in [5.41, 5.74) is 0.175. The largest absolute Gasteiger partial charge is 0.349 e. The predicted molar refractivity (Wildman–Crippen MR) is 79.1 cm³/mol. The van der Waals surface area contributed by atoms with E-state index < -0.39 is 11.6 Å². The van der Waals surface area contributed by atoms with E-state index >= 15 is 0 Å². The number of aromatic nitrogens is 1. The Balaban J connectivity index is 1.64. The summed E-state index contributed by atoms with van der Waals surface area (Å²) in [4.78, 5) is 15.6. The number of hydrogen-bond acceptors (Lipinski definition) is 3. The van der Waals surface area contributed by atoms with E-state index in [-0.39, 0.29) is 17.8 Å². The Kier molecular flexibility index (Phi) is 3.86. The molecule has 0 atom stereocenters. The second-order valence-corrected chi connectivity index (χ2v) is 5.03. The minimum atomic E-state index is -0.689. The van der Waals surface area contributed by atoms with Crippen LogP contribution in [0.3, 0.4) is 0 Å². The normalized spacial score (nSPS) is 13.5. The molecule has 1 saturated carbocycles. The van der Waals surface area contributed by atoms with E-state index in [1.165, 1.54) is 12.3 Å². The van der Waals surface area contributed by atoms with Crippen LogP contribution in [0.1, 0.15) is 12.8 Å². The average molecular weight is 304 g/mol. The van der Waals surface area contributed by atoms with Crippen molar-refractivity contribution in [3.63, 3.8) is 0 Å². The Hall–Kier alpha value is -2.70. The van der Waals surface area contributed by atoms with Gasteiger partial charge in [-0.1, -0.05) is 6.07 Å².